The Morgan fingerprint density at radius 3 is 1.87 bits per heavy atom. The van der Waals surface area contributed by atoms with Gasteiger partial charge >= 0.3 is 0 Å². The molecule has 0 N–H and O–H groups in total. The lowest BCUT2D eigenvalue weighted by molar-refractivity contribution is 0.531. The quantitative estimate of drug-likeness (QED) is 0.185. The predicted molar refractivity (Wildman–Crippen MR) is 220 cm³/mol. The third-order valence-corrected chi connectivity index (χ3v) is 11.3. The van der Waals surface area contributed by atoms with Crippen LogP contribution in [0, 0.1) is 0 Å². The van der Waals surface area contributed by atoms with Gasteiger partial charge in [-0.3, -0.25) is 4.90 Å². The number of rotatable bonds is 3. The molecule has 0 bridgehead atoms. The highest BCUT2D eigenvalue weighted by atomic mass is 16.3. The Balaban J connectivity index is 1.27. The molecule has 0 saturated heterocycles. The van der Waals surface area contributed by atoms with Crippen LogP contribution in [0.25, 0.3) is 66.0 Å². The van der Waals surface area contributed by atoms with E-state index in [-0.39, 0.29) is 0 Å². The Morgan fingerprint density at radius 1 is 0.463 bits per heavy atom. The lowest BCUT2D eigenvalue weighted by atomic mass is 9.86. The van der Waals surface area contributed by atoms with E-state index in [4.69, 9.17) is 14.4 Å². The minimum absolute atomic E-state index is 0.552. The van der Waals surface area contributed by atoms with Crippen molar-refractivity contribution in [2.75, 3.05) is 9.80 Å². The van der Waals surface area contributed by atoms with Gasteiger partial charge in [-0.1, -0.05) is 146 Å². The van der Waals surface area contributed by atoms with Crippen molar-refractivity contribution >= 4 is 66.6 Å². The van der Waals surface area contributed by atoms with Crippen LogP contribution in [-0.2, 0) is 5.66 Å². The SMILES string of the molecule is c1ccc(N2c3cccc4cccc(c34)N(c3nc(-c4ccc5ccccc5c4)c4c(n3)oc3ccccc34)C23c2ccccc2-c2ccccc23)cc1. The maximum atomic E-state index is 6.69. The summed E-state index contributed by atoms with van der Waals surface area (Å²) in [7, 11) is 0. The number of hydrogen-bond acceptors (Lipinski definition) is 5. The second-order valence-corrected chi connectivity index (χ2v) is 14.1. The summed E-state index contributed by atoms with van der Waals surface area (Å²) in [5, 5.41) is 6.51. The van der Waals surface area contributed by atoms with Crippen LogP contribution in [0.5, 0.6) is 0 Å². The van der Waals surface area contributed by atoms with Crippen LogP contribution in [0.1, 0.15) is 11.1 Å². The van der Waals surface area contributed by atoms with E-state index in [0.29, 0.717) is 11.7 Å². The number of anilines is 4. The van der Waals surface area contributed by atoms with Gasteiger partial charge in [-0.2, -0.15) is 4.98 Å². The van der Waals surface area contributed by atoms with Gasteiger partial charge in [0.05, 0.1) is 22.5 Å². The van der Waals surface area contributed by atoms with Gasteiger partial charge in [0.25, 0.3) is 0 Å². The fourth-order valence-electron chi connectivity index (χ4n) is 9.21. The van der Waals surface area contributed by atoms with Gasteiger partial charge in [-0.05, 0) is 63.7 Å². The van der Waals surface area contributed by atoms with Crippen LogP contribution in [0.4, 0.5) is 23.0 Å². The number of aromatic nitrogens is 2. The normalized spacial score (nSPS) is 14.0. The van der Waals surface area contributed by atoms with Crippen LogP contribution in [0.3, 0.4) is 0 Å². The average molecular weight is 691 g/mol. The van der Waals surface area contributed by atoms with Crippen molar-refractivity contribution < 1.29 is 4.42 Å². The zero-order chi connectivity index (χ0) is 35.4. The predicted octanol–water partition coefficient (Wildman–Crippen LogP) is 12.5. The van der Waals surface area contributed by atoms with Crippen LogP contribution in [0.15, 0.2) is 186 Å². The Labute approximate surface area is 311 Å². The van der Waals surface area contributed by atoms with Crippen LogP contribution >= 0.6 is 0 Å². The van der Waals surface area contributed by atoms with Crippen LogP contribution in [-0.4, -0.2) is 9.97 Å². The Morgan fingerprint density at radius 2 is 1.09 bits per heavy atom. The van der Waals surface area contributed by atoms with Crippen LogP contribution in [0.2, 0.25) is 0 Å². The van der Waals surface area contributed by atoms with Crippen molar-refractivity contribution in [3.05, 3.63) is 193 Å². The van der Waals surface area contributed by atoms with E-state index >= 15 is 0 Å². The number of hydrogen-bond donors (Lipinski definition) is 0. The molecule has 8 aromatic carbocycles. The fraction of sp³-hybridized carbons (Fsp3) is 0.0204. The molecule has 1 aliphatic carbocycles. The van der Waals surface area contributed by atoms with E-state index in [1.54, 1.807) is 0 Å². The lowest BCUT2D eigenvalue weighted by Crippen LogP contribution is -2.57. The second-order valence-electron chi connectivity index (χ2n) is 14.1. The third-order valence-electron chi connectivity index (χ3n) is 11.3. The number of benzene rings is 8. The van der Waals surface area contributed by atoms with Gasteiger partial charge in [-0.25, -0.2) is 4.98 Å². The zero-order valence-corrected chi connectivity index (χ0v) is 29.0. The summed E-state index contributed by atoms with van der Waals surface area (Å²) in [6, 6.07) is 64.8. The summed E-state index contributed by atoms with van der Waals surface area (Å²) >= 11 is 0. The summed E-state index contributed by atoms with van der Waals surface area (Å²) in [5.41, 5.74) is 10.1. The molecule has 5 nitrogen and oxygen atoms in total. The molecule has 2 aliphatic rings. The highest BCUT2D eigenvalue weighted by molar-refractivity contribution is 6.13. The van der Waals surface area contributed by atoms with Crippen molar-refractivity contribution in [1.82, 2.24) is 9.97 Å². The minimum Gasteiger partial charge on any atom is -0.437 e. The highest BCUT2D eigenvalue weighted by Crippen LogP contribution is 2.63. The molecular formula is C49H30N4O. The molecule has 2 aromatic heterocycles. The van der Waals surface area contributed by atoms with E-state index in [9.17, 15) is 0 Å². The smallest absolute Gasteiger partial charge is 0.236 e. The van der Waals surface area contributed by atoms with Gasteiger partial charge in [0.2, 0.25) is 11.7 Å². The first-order valence-electron chi connectivity index (χ1n) is 18.3. The first-order chi connectivity index (χ1) is 26.8. The Hall–Kier alpha value is -7.24. The summed E-state index contributed by atoms with van der Waals surface area (Å²) in [4.78, 5) is 16.1. The van der Waals surface area contributed by atoms with Crippen LogP contribution < -0.4 is 9.80 Å². The first-order valence-corrected chi connectivity index (χ1v) is 18.3. The van der Waals surface area contributed by atoms with Gasteiger partial charge in [0, 0.05) is 33.2 Å². The molecule has 0 saturated carbocycles. The zero-order valence-electron chi connectivity index (χ0n) is 29.0. The van der Waals surface area contributed by atoms with E-state index < -0.39 is 5.66 Å². The van der Waals surface area contributed by atoms with E-state index in [1.807, 2.05) is 12.1 Å². The summed E-state index contributed by atoms with van der Waals surface area (Å²) in [6.07, 6.45) is 0. The molecule has 0 amide bonds. The highest BCUT2D eigenvalue weighted by Gasteiger charge is 2.57. The number of furan rings is 1. The maximum Gasteiger partial charge on any atom is 0.236 e. The van der Waals surface area contributed by atoms with Crippen molar-refractivity contribution in [2.24, 2.45) is 0 Å². The van der Waals surface area contributed by atoms with Gasteiger partial charge in [0.1, 0.15) is 5.58 Å². The van der Waals surface area contributed by atoms with Gasteiger partial charge in [0.15, 0.2) is 5.66 Å². The average Bonchev–Trinajstić information content (AvgIpc) is 3.75. The molecule has 54 heavy (non-hydrogen) atoms. The minimum atomic E-state index is -0.919. The van der Waals surface area contributed by atoms with Crippen molar-refractivity contribution in [3.8, 4) is 22.4 Å². The summed E-state index contributed by atoms with van der Waals surface area (Å²) < 4.78 is 6.69. The Kier molecular flexibility index (Phi) is 5.92. The van der Waals surface area contributed by atoms with E-state index in [1.165, 1.54) is 16.5 Å². The molecule has 252 valence electrons. The summed E-state index contributed by atoms with van der Waals surface area (Å²) in [5.74, 6) is 0.555. The first kappa shape index (κ1) is 29.3. The lowest BCUT2D eigenvalue weighted by Gasteiger charge is -2.54. The van der Waals surface area contributed by atoms with E-state index in [0.717, 1.165) is 72.0 Å². The monoisotopic (exact) mass is 690 g/mol. The standard InChI is InChI=1S/C49H30N4O/c1-2-18-35(19-3-1)52-41-25-12-16-32-17-13-26-42(44(32)41)53(49(52)39-23-9-6-20-36(39)37-21-7-10-24-40(37)49)48-50-46(34-29-28-31-14-4-5-15-33(31)30-34)45-38-22-8-11-27-43(38)54-47(45)51-48/h1-30H. The van der Waals surface area contributed by atoms with Crippen molar-refractivity contribution in [2.45, 2.75) is 5.66 Å². The molecule has 5 heteroatoms. The van der Waals surface area contributed by atoms with Crippen molar-refractivity contribution in [1.29, 1.82) is 0 Å². The van der Waals surface area contributed by atoms with Gasteiger partial charge < -0.3 is 9.32 Å². The maximum absolute atomic E-state index is 6.69. The molecule has 0 unspecified atom stereocenters. The molecule has 3 heterocycles. The largest absolute Gasteiger partial charge is 0.437 e. The van der Waals surface area contributed by atoms with E-state index in [2.05, 4.69) is 180 Å². The molecule has 12 rings (SSSR count). The van der Waals surface area contributed by atoms with Gasteiger partial charge in [-0.15, -0.1) is 0 Å². The molecule has 1 aliphatic heterocycles. The number of nitrogens with zero attached hydrogens (tertiary/aromatic N) is 4. The number of para-hydroxylation sites is 2. The fourth-order valence-corrected chi connectivity index (χ4v) is 9.21. The Bertz CT molecular complexity index is 3100. The molecule has 0 fully saturated rings. The molecule has 1 spiro atoms. The second kappa shape index (κ2) is 10.9. The van der Waals surface area contributed by atoms with Crippen molar-refractivity contribution in [3.63, 3.8) is 0 Å². The molecule has 10 aromatic rings. The molecular weight excluding hydrogens is 661 g/mol. The third kappa shape index (κ3) is 3.82. The molecule has 0 atom stereocenters. The summed E-state index contributed by atoms with van der Waals surface area (Å²) in [6.45, 7) is 0. The topological polar surface area (TPSA) is 45.4 Å². The number of fused-ring (bicyclic) bond motifs is 9. The molecule has 0 radical (unpaired) electrons.